The molecule has 33 heavy (non-hydrogen) atoms. The number of nitrogens with zero attached hydrogens (tertiary/aromatic N) is 1. The number of ether oxygens (including phenoxy) is 2. The monoisotopic (exact) mass is 506 g/mol. The number of nitrogens with one attached hydrogen (secondary N) is 1. The van der Waals surface area contributed by atoms with Gasteiger partial charge < -0.3 is 9.47 Å². The number of benzene rings is 2. The number of alkyl halides is 3. The third-order valence-corrected chi connectivity index (χ3v) is 7.48. The molecule has 1 N–H and O–H groups in total. The van der Waals surface area contributed by atoms with E-state index in [2.05, 4.69) is 9.62 Å². The second kappa shape index (κ2) is 10.5. The lowest BCUT2D eigenvalue weighted by Crippen LogP contribution is -2.32. The highest BCUT2D eigenvalue weighted by Crippen LogP contribution is 2.34. The van der Waals surface area contributed by atoms with E-state index in [4.69, 9.17) is 21.1 Å². The van der Waals surface area contributed by atoms with Crippen molar-refractivity contribution < 1.29 is 31.1 Å². The molecule has 1 aliphatic heterocycles. The molecule has 0 fully saturated rings. The van der Waals surface area contributed by atoms with Gasteiger partial charge in [0, 0.05) is 19.6 Å². The van der Waals surface area contributed by atoms with Gasteiger partial charge in [-0.2, -0.15) is 13.2 Å². The first kappa shape index (κ1) is 25.6. The lowest BCUT2D eigenvalue weighted by atomic mass is 9.98. The smallest absolute Gasteiger partial charge is 0.416 e. The Hall–Kier alpha value is -2.01. The van der Waals surface area contributed by atoms with Gasteiger partial charge >= 0.3 is 6.18 Å². The van der Waals surface area contributed by atoms with Crippen LogP contribution in [0.2, 0.25) is 5.02 Å². The highest BCUT2D eigenvalue weighted by atomic mass is 35.5. The lowest BCUT2D eigenvalue weighted by molar-refractivity contribution is -0.137. The Bertz CT molecular complexity index is 1090. The molecule has 182 valence electrons. The molecule has 0 bridgehead atoms. The van der Waals surface area contributed by atoms with Crippen LogP contribution in [0.4, 0.5) is 13.2 Å². The van der Waals surface area contributed by atoms with E-state index in [1.54, 1.807) is 14.2 Å². The predicted molar refractivity (Wildman–Crippen MR) is 119 cm³/mol. The summed E-state index contributed by atoms with van der Waals surface area (Å²) in [5.74, 6) is 1.39. The summed E-state index contributed by atoms with van der Waals surface area (Å²) in [6, 6.07) is 6.23. The van der Waals surface area contributed by atoms with E-state index in [1.807, 2.05) is 12.1 Å². The minimum atomic E-state index is -4.66. The van der Waals surface area contributed by atoms with Crippen LogP contribution in [0, 0.1) is 0 Å². The fourth-order valence-corrected chi connectivity index (χ4v) is 5.36. The molecule has 0 unspecified atom stereocenters. The van der Waals surface area contributed by atoms with Gasteiger partial charge in [0.05, 0.1) is 24.8 Å². The minimum Gasteiger partial charge on any atom is -0.493 e. The predicted octanol–water partition coefficient (Wildman–Crippen LogP) is 4.49. The van der Waals surface area contributed by atoms with Gasteiger partial charge in [-0.15, -0.1) is 0 Å². The molecule has 0 saturated carbocycles. The average molecular weight is 507 g/mol. The average Bonchev–Trinajstić information content (AvgIpc) is 2.77. The molecule has 0 amide bonds. The number of fused-ring (bicyclic) bond motifs is 1. The lowest BCUT2D eigenvalue weighted by Gasteiger charge is -2.29. The van der Waals surface area contributed by atoms with Crippen LogP contribution in [-0.2, 0) is 29.2 Å². The molecule has 0 spiro atoms. The van der Waals surface area contributed by atoms with E-state index in [0.29, 0.717) is 24.0 Å². The highest BCUT2D eigenvalue weighted by Gasteiger charge is 2.32. The Kier molecular flexibility index (Phi) is 8.15. The Balaban J connectivity index is 1.51. The van der Waals surface area contributed by atoms with Crippen LogP contribution in [0.25, 0.3) is 0 Å². The van der Waals surface area contributed by atoms with Crippen LogP contribution in [0.3, 0.4) is 0 Å². The van der Waals surface area contributed by atoms with Crippen molar-refractivity contribution in [2.45, 2.75) is 36.9 Å². The van der Waals surface area contributed by atoms with Crippen molar-refractivity contribution in [3.63, 3.8) is 0 Å². The van der Waals surface area contributed by atoms with Gasteiger partial charge in [-0.05, 0) is 67.3 Å². The van der Waals surface area contributed by atoms with E-state index < -0.39 is 26.7 Å². The van der Waals surface area contributed by atoms with Crippen molar-refractivity contribution in [3.05, 3.63) is 52.0 Å². The van der Waals surface area contributed by atoms with Crippen LogP contribution in [0.15, 0.2) is 35.2 Å². The molecule has 3 rings (SSSR count). The van der Waals surface area contributed by atoms with Gasteiger partial charge in [0.25, 0.3) is 0 Å². The maximum Gasteiger partial charge on any atom is 0.416 e. The number of unbranched alkanes of at least 4 members (excludes halogenated alkanes) is 1. The first-order valence-corrected chi connectivity index (χ1v) is 12.2. The number of hydrogen-bond acceptors (Lipinski definition) is 5. The summed E-state index contributed by atoms with van der Waals surface area (Å²) in [6.07, 6.45) is -2.53. The summed E-state index contributed by atoms with van der Waals surface area (Å²) in [7, 11) is -0.953. The van der Waals surface area contributed by atoms with Gasteiger partial charge in [-0.1, -0.05) is 11.6 Å². The first-order chi connectivity index (χ1) is 15.5. The van der Waals surface area contributed by atoms with Crippen molar-refractivity contribution in [3.8, 4) is 11.5 Å². The normalized spacial score (nSPS) is 14.7. The minimum absolute atomic E-state index is 0.102. The van der Waals surface area contributed by atoms with Crippen molar-refractivity contribution in [1.82, 2.24) is 9.62 Å². The van der Waals surface area contributed by atoms with Crippen molar-refractivity contribution in [2.75, 3.05) is 33.9 Å². The number of rotatable bonds is 9. The number of halogens is 4. The molecule has 0 radical (unpaired) electrons. The quantitative estimate of drug-likeness (QED) is 0.507. The number of methoxy groups -OCH3 is 2. The van der Waals surface area contributed by atoms with Gasteiger partial charge in [-0.25, -0.2) is 13.1 Å². The molecule has 6 nitrogen and oxygen atoms in total. The van der Waals surface area contributed by atoms with Crippen LogP contribution >= 0.6 is 11.6 Å². The first-order valence-electron chi connectivity index (χ1n) is 10.4. The molecule has 0 saturated heterocycles. The van der Waals surface area contributed by atoms with Crippen LogP contribution < -0.4 is 14.2 Å². The summed E-state index contributed by atoms with van der Waals surface area (Å²) < 4.78 is 76.7. The third-order valence-electron chi connectivity index (χ3n) is 5.54. The second-order valence-corrected chi connectivity index (χ2v) is 9.89. The van der Waals surface area contributed by atoms with E-state index in [9.17, 15) is 21.6 Å². The SMILES string of the molecule is COc1cc2c(cc1OC)CN(CCCCNS(=O)(=O)c1cc(C(F)(F)F)ccc1Cl)CC2. The van der Waals surface area contributed by atoms with Crippen molar-refractivity contribution >= 4 is 21.6 Å². The Labute approximate surface area is 196 Å². The van der Waals surface area contributed by atoms with E-state index in [-0.39, 0.29) is 11.6 Å². The summed E-state index contributed by atoms with van der Waals surface area (Å²) in [5.41, 5.74) is 1.32. The van der Waals surface area contributed by atoms with Crippen molar-refractivity contribution in [2.24, 2.45) is 0 Å². The topological polar surface area (TPSA) is 67.9 Å². The number of sulfonamides is 1. The Morgan fingerprint density at radius 2 is 1.73 bits per heavy atom. The summed E-state index contributed by atoms with van der Waals surface area (Å²) in [6.45, 7) is 2.49. The molecule has 0 aromatic heterocycles. The van der Waals surface area contributed by atoms with E-state index >= 15 is 0 Å². The molecule has 11 heteroatoms. The molecule has 2 aromatic rings. The Morgan fingerprint density at radius 1 is 1.06 bits per heavy atom. The fourth-order valence-electron chi connectivity index (χ4n) is 3.76. The maximum absolute atomic E-state index is 12.9. The number of hydrogen-bond donors (Lipinski definition) is 1. The zero-order valence-corrected chi connectivity index (χ0v) is 19.9. The zero-order valence-electron chi connectivity index (χ0n) is 18.3. The van der Waals surface area contributed by atoms with Crippen molar-refractivity contribution in [1.29, 1.82) is 0 Å². The van der Waals surface area contributed by atoms with Gasteiger partial charge in [0.15, 0.2) is 11.5 Å². The highest BCUT2D eigenvalue weighted by molar-refractivity contribution is 7.89. The van der Waals surface area contributed by atoms with Gasteiger partial charge in [0.1, 0.15) is 4.90 Å². The zero-order chi connectivity index (χ0) is 24.2. The third kappa shape index (κ3) is 6.32. The maximum atomic E-state index is 12.9. The standard InChI is InChI=1S/C22H26ClF3N2O4S/c1-31-19-11-15-7-10-28(14-16(15)12-20(19)32-2)9-4-3-8-27-33(29,30)21-13-17(22(24,25)26)5-6-18(21)23/h5-6,11-13,27H,3-4,7-10,14H2,1-2H3. The summed E-state index contributed by atoms with van der Waals surface area (Å²) in [5, 5.41) is -0.255. The fraction of sp³-hybridized carbons (Fsp3) is 0.455. The molecule has 0 atom stereocenters. The summed E-state index contributed by atoms with van der Waals surface area (Å²) in [4.78, 5) is 1.70. The van der Waals surface area contributed by atoms with E-state index in [1.165, 1.54) is 11.1 Å². The molecule has 1 aliphatic rings. The van der Waals surface area contributed by atoms with Gasteiger partial charge in [-0.3, -0.25) is 4.90 Å². The van der Waals surface area contributed by atoms with Crippen LogP contribution in [0.5, 0.6) is 11.5 Å². The largest absolute Gasteiger partial charge is 0.493 e. The van der Waals surface area contributed by atoms with Crippen LogP contribution in [-0.4, -0.2) is 47.2 Å². The van der Waals surface area contributed by atoms with Crippen LogP contribution in [0.1, 0.15) is 29.5 Å². The molecule has 0 aliphatic carbocycles. The molecular weight excluding hydrogens is 481 g/mol. The second-order valence-electron chi connectivity index (χ2n) is 7.75. The van der Waals surface area contributed by atoms with E-state index in [0.717, 1.165) is 44.6 Å². The Morgan fingerprint density at radius 3 is 2.36 bits per heavy atom. The molecule has 1 heterocycles. The molecule has 2 aromatic carbocycles. The molecular formula is C22H26ClF3N2O4S. The summed E-state index contributed by atoms with van der Waals surface area (Å²) >= 11 is 5.84. The van der Waals surface area contributed by atoms with Gasteiger partial charge in [0.2, 0.25) is 10.0 Å².